The first-order chi connectivity index (χ1) is 8.62. The van der Waals surface area contributed by atoms with Crippen molar-refractivity contribution in [3.8, 4) is 23.3 Å². The minimum Gasteiger partial charge on any atom is -0.493 e. The van der Waals surface area contributed by atoms with Crippen molar-refractivity contribution < 1.29 is 19.0 Å². The van der Waals surface area contributed by atoms with Crippen LogP contribution in [0.15, 0.2) is 18.2 Å². The predicted octanol–water partition coefficient (Wildman–Crippen LogP) is 2.17. The summed E-state index contributed by atoms with van der Waals surface area (Å²) in [5.74, 6) is 0.484. The van der Waals surface area contributed by atoms with E-state index >= 15 is 0 Å². The lowest BCUT2D eigenvalue weighted by atomic mass is 10.1. The summed E-state index contributed by atoms with van der Waals surface area (Å²) in [4.78, 5) is 11.0. The van der Waals surface area contributed by atoms with Crippen LogP contribution in [0.3, 0.4) is 0 Å². The molecule has 1 aromatic carbocycles. The van der Waals surface area contributed by atoms with Gasteiger partial charge in [0.1, 0.15) is 0 Å². The lowest BCUT2D eigenvalue weighted by Gasteiger charge is -2.13. The van der Waals surface area contributed by atoms with E-state index in [1.165, 1.54) is 27.2 Å². The van der Waals surface area contributed by atoms with Crippen molar-refractivity contribution in [2.45, 2.75) is 6.92 Å². The van der Waals surface area contributed by atoms with Crippen molar-refractivity contribution in [3.63, 3.8) is 0 Å². The lowest BCUT2D eigenvalue weighted by Crippen LogP contribution is -2.05. The van der Waals surface area contributed by atoms with Gasteiger partial charge in [-0.3, -0.25) is 4.79 Å². The van der Waals surface area contributed by atoms with E-state index in [4.69, 9.17) is 19.5 Å². The summed E-state index contributed by atoms with van der Waals surface area (Å²) in [5.41, 5.74) is 0.709. The average molecular weight is 247 g/mol. The standard InChI is InChI=1S/C13H13NO4/c1-9(15)18-13-11(16-2)7-10(5-4-6-14)8-12(13)17-3/h4-5,7-8H,1-3H3. The molecule has 0 unspecified atom stereocenters. The molecule has 0 aromatic heterocycles. The molecule has 0 aliphatic carbocycles. The first-order valence-corrected chi connectivity index (χ1v) is 5.13. The zero-order chi connectivity index (χ0) is 13.5. The molecule has 0 aliphatic rings. The van der Waals surface area contributed by atoms with Crippen LogP contribution in [0.4, 0.5) is 0 Å². The molecule has 0 bridgehead atoms. The molecule has 0 fully saturated rings. The first-order valence-electron chi connectivity index (χ1n) is 5.13. The van der Waals surface area contributed by atoms with Crippen LogP contribution < -0.4 is 14.2 Å². The number of benzene rings is 1. The molecule has 0 amide bonds. The molecule has 0 radical (unpaired) electrons. The van der Waals surface area contributed by atoms with Crippen molar-refractivity contribution in [3.05, 3.63) is 23.8 Å². The zero-order valence-corrected chi connectivity index (χ0v) is 10.4. The van der Waals surface area contributed by atoms with Crippen LogP contribution in [0.5, 0.6) is 17.2 Å². The highest BCUT2D eigenvalue weighted by atomic mass is 16.6. The summed E-state index contributed by atoms with van der Waals surface area (Å²) >= 11 is 0. The molecule has 5 nitrogen and oxygen atoms in total. The van der Waals surface area contributed by atoms with Crippen molar-refractivity contribution in [1.82, 2.24) is 0 Å². The number of carbonyl (C=O) groups excluding carboxylic acids is 1. The van der Waals surface area contributed by atoms with Crippen molar-refractivity contribution in [2.24, 2.45) is 0 Å². The maximum atomic E-state index is 11.0. The van der Waals surface area contributed by atoms with Crippen LogP contribution in [0.1, 0.15) is 12.5 Å². The van der Waals surface area contributed by atoms with E-state index < -0.39 is 5.97 Å². The monoisotopic (exact) mass is 247 g/mol. The Labute approximate surface area is 105 Å². The first kappa shape index (κ1) is 13.6. The van der Waals surface area contributed by atoms with Gasteiger partial charge in [-0.1, -0.05) is 0 Å². The molecule has 0 atom stereocenters. The largest absolute Gasteiger partial charge is 0.493 e. The van der Waals surface area contributed by atoms with Gasteiger partial charge in [0.15, 0.2) is 11.5 Å². The number of nitriles is 1. The molecule has 18 heavy (non-hydrogen) atoms. The normalized spacial score (nSPS) is 9.89. The summed E-state index contributed by atoms with van der Waals surface area (Å²) in [7, 11) is 2.92. The van der Waals surface area contributed by atoms with E-state index in [9.17, 15) is 4.79 Å². The number of carbonyl (C=O) groups is 1. The van der Waals surface area contributed by atoms with E-state index in [1.807, 2.05) is 6.07 Å². The molecule has 0 saturated carbocycles. The molecule has 0 N–H and O–H groups in total. The lowest BCUT2D eigenvalue weighted by molar-refractivity contribution is -0.132. The second kappa shape index (κ2) is 6.30. The molecule has 0 spiro atoms. The van der Waals surface area contributed by atoms with Gasteiger partial charge in [-0.05, 0) is 23.8 Å². The molecule has 0 saturated heterocycles. The maximum absolute atomic E-state index is 11.0. The smallest absolute Gasteiger partial charge is 0.308 e. The summed E-state index contributed by atoms with van der Waals surface area (Å²) in [6.45, 7) is 1.29. The Bertz CT molecular complexity index is 489. The molecule has 94 valence electrons. The van der Waals surface area contributed by atoms with Gasteiger partial charge in [0, 0.05) is 13.0 Å². The SMILES string of the molecule is COc1cc(C=CC#N)cc(OC)c1OC(C)=O. The molecule has 0 aliphatic heterocycles. The maximum Gasteiger partial charge on any atom is 0.308 e. The van der Waals surface area contributed by atoms with Crippen molar-refractivity contribution in [2.75, 3.05) is 14.2 Å². The highest BCUT2D eigenvalue weighted by molar-refractivity contribution is 5.73. The number of rotatable bonds is 4. The predicted molar refractivity (Wildman–Crippen MR) is 65.5 cm³/mol. The Morgan fingerprint density at radius 3 is 2.22 bits per heavy atom. The molecular weight excluding hydrogens is 234 g/mol. The van der Waals surface area contributed by atoms with Crippen LogP contribution in [0.2, 0.25) is 0 Å². The van der Waals surface area contributed by atoms with Gasteiger partial charge < -0.3 is 14.2 Å². The Morgan fingerprint density at radius 2 is 1.83 bits per heavy atom. The molecule has 1 aromatic rings. The van der Waals surface area contributed by atoms with E-state index in [0.29, 0.717) is 17.1 Å². The van der Waals surface area contributed by atoms with Crippen molar-refractivity contribution in [1.29, 1.82) is 5.26 Å². The summed E-state index contributed by atoms with van der Waals surface area (Å²) in [5, 5.41) is 8.49. The fraction of sp³-hybridized carbons (Fsp3) is 0.231. The average Bonchev–Trinajstić information content (AvgIpc) is 2.36. The third kappa shape index (κ3) is 3.25. The van der Waals surface area contributed by atoms with Crippen molar-refractivity contribution >= 4 is 12.0 Å². The van der Waals surface area contributed by atoms with Crippen LogP contribution in [0.25, 0.3) is 6.08 Å². The number of methoxy groups -OCH3 is 2. The van der Waals surface area contributed by atoms with Crippen LogP contribution in [-0.2, 0) is 4.79 Å². The number of nitrogens with zero attached hydrogens (tertiary/aromatic N) is 1. The van der Waals surface area contributed by atoms with E-state index in [2.05, 4.69) is 0 Å². The molecule has 0 heterocycles. The highest BCUT2D eigenvalue weighted by Gasteiger charge is 2.15. The van der Waals surface area contributed by atoms with Gasteiger partial charge >= 0.3 is 5.97 Å². The van der Waals surface area contributed by atoms with E-state index in [0.717, 1.165) is 0 Å². The summed E-state index contributed by atoms with van der Waals surface area (Å²) in [6, 6.07) is 5.19. The van der Waals surface area contributed by atoms with E-state index in [-0.39, 0.29) is 5.75 Å². The Balaban J connectivity index is 3.29. The van der Waals surface area contributed by atoms with Gasteiger partial charge in [-0.15, -0.1) is 0 Å². The molecule has 5 heteroatoms. The zero-order valence-electron chi connectivity index (χ0n) is 10.4. The van der Waals surface area contributed by atoms with Gasteiger partial charge in [-0.2, -0.15) is 5.26 Å². The van der Waals surface area contributed by atoms with E-state index in [1.54, 1.807) is 18.2 Å². The number of hydrogen-bond acceptors (Lipinski definition) is 5. The van der Waals surface area contributed by atoms with Gasteiger partial charge in [0.05, 0.1) is 20.3 Å². The number of allylic oxidation sites excluding steroid dienone is 1. The quantitative estimate of drug-likeness (QED) is 0.463. The fourth-order valence-corrected chi connectivity index (χ4v) is 1.37. The van der Waals surface area contributed by atoms with Gasteiger partial charge in [0.25, 0.3) is 0 Å². The Morgan fingerprint density at radius 1 is 1.28 bits per heavy atom. The van der Waals surface area contributed by atoms with Gasteiger partial charge in [-0.25, -0.2) is 0 Å². The number of hydrogen-bond donors (Lipinski definition) is 0. The Kier molecular flexibility index (Phi) is 4.76. The van der Waals surface area contributed by atoms with Gasteiger partial charge in [0.2, 0.25) is 5.75 Å². The third-order valence-corrected chi connectivity index (χ3v) is 2.08. The summed E-state index contributed by atoms with van der Waals surface area (Å²) in [6.07, 6.45) is 2.93. The fourth-order valence-electron chi connectivity index (χ4n) is 1.37. The number of esters is 1. The molecule has 1 rings (SSSR count). The van der Waals surface area contributed by atoms with Crippen LogP contribution >= 0.6 is 0 Å². The topological polar surface area (TPSA) is 68.6 Å². The van der Waals surface area contributed by atoms with Crippen LogP contribution in [-0.4, -0.2) is 20.2 Å². The highest BCUT2D eigenvalue weighted by Crippen LogP contribution is 2.38. The second-order valence-electron chi connectivity index (χ2n) is 3.31. The Hall–Kier alpha value is -2.48. The second-order valence-corrected chi connectivity index (χ2v) is 3.31. The number of ether oxygens (including phenoxy) is 3. The van der Waals surface area contributed by atoms with Crippen LogP contribution in [0, 0.1) is 11.3 Å². The molecular formula is C13H13NO4. The minimum atomic E-state index is -0.466. The summed E-state index contributed by atoms with van der Waals surface area (Å²) < 4.78 is 15.3. The minimum absolute atomic E-state index is 0.224. The third-order valence-electron chi connectivity index (χ3n) is 2.08.